The molecule has 0 spiro atoms. The molecule has 0 saturated carbocycles. The third kappa shape index (κ3) is 15.9. The van der Waals surface area contributed by atoms with Crippen molar-refractivity contribution in [2.75, 3.05) is 40.9 Å². The van der Waals surface area contributed by atoms with Crippen LogP contribution in [-0.4, -0.2) is 45.4 Å². The lowest BCUT2D eigenvalue weighted by Gasteiger charge is -2.23. The summed E-state index contributed by atoms with van der Waals surface area (Å²) in [6, 6.07) is 0. The zero-order chi connectivity index (χ0) is 13.7. The van der Waals surface area contributed by atoms with Gasteiger partial charge >= 0.3 is 0 Å². The topological polar surface area (TPSA) is 9.23 Å². The highest BCUT2D eigenvalue weighted by atomic mass is 16.5. The maximum atomic E-state index is 5.66. The first-order chi connectivity index (χ1) is 8.56. The van der Waals surface area contributed by atoms with Crippen molar-refractivity contribution in [2.24, 2.45) is 0 Å². The van der Waals surface area contributed by atoms with E-state index in [4.69, 9.17) is 4.74 Å². The van der Waals surface area contributed by atoms with E-state index in [2.05, 4.69) is 28.1 Å². The molecule has 0 atom stereocenters. The van der Waals surface area contributed by atoms with E-state index < -0.39 is 0 Å². The van der Waals surface area contributed by atoms with Crippen LogP contribution in [0.3, 0.4) is 0 Å². The SMILES string of the molecule is CCCCCCCCCCOCCC[N+](C)(C)C. The van der Waals surface area contributed by atoms with Crippen LogP contribution >= 0.6 is 0 Å². The van der Waals surface area contributed by atoms with Gasteiger partial charge in [-0.2, -0.15) is 0 Å². The molecule has 18 heavy (non-hydrogen) atoms. The van der Waals surface area contributed by atoms with Gasteiger partial charge in [0.1, 0.15) is 0 Å². The van der Waals surface area contributed by atoms with E-state index >= 15 is 0 Å². The summed E-state index contributed by atoms with van der Waals surface area (Å²) in [5, 5.41) is 0. The Morgan fingerprint density at radius 1 is 0.667 bits per heavy atom. The standard InChI is InChI=1S/C16H36NO/c1-5-6-7-8-9-10-11-12-15-18-16-13-14-17(2,3)4/h5-16H2,1-4H3/q+1. The van der Waals surface area contributed by atoms with E-state index in [0.717, 1.165) is 17.7 Å². The molecule has 0 heterocycles. The predicted octanol–water partition coefficient (Wildman–Crippen LogP) is 4.24. The zero-order valence-corrected chi connectivity index (χ0v) is 13.3. The van der Waals surface area contributed by atoms with Gasteiger partial charge in [-0.15, -0.1) is 0 Å². The Bertz CT molecular complexity index is 163. The molecule has 0 aliphatic rings. The number of quaternary nitrogens is 1. The maximum absolute atomic E-state index is 5.66. The lowest BCUT2D eigenvalue weighted by Crippen LogP contribution is -2.35. The van der Waals surface area contributed by atoms with Crippen LogP contribution in [0.2, 0.25) is 0 Å². The fourth-order valence-electron chi connectivity index (χ4n) is 2.08. The quantitative estimate of drug-likeness (QED) is 0.355. The first-order valence-corrected chi connectivity index (χ1v) is 7.94. The zero-order valence-electron chi connectivity index (χ0n) is 13.3. The Hall–Kier alpha value is -0.0800. The summed E-state index contributed by atoms with van der Waals surface area (Å²) < 4.78 is 6.71. The Morgan fingerprint density at radius 2 is 1.17 bits per heavy atom. The fourth-order valence-corrected chi connectivity index (χ4v) is 2.08. The second kappa shape index (κ2) is 12.0. The molecule has 0 aromatic heterocycles. The molecule has 0 rings (SSSR count). The molecule has 2 heteroatoms. The molecule has 0 aromatic carbocycles. The lowest BCUT2D eigenvalue weighted by molar-refractivity contribution is -0.870. The van der Waals surface area contributed by atoms with Gasteiger partial charge in [0.25, 0.3) is 0 Å². The third-order valence-corrected chi connectivity index (χ3v) is 3.26. The molecular weight excluding hydrogens is 222 g/mol. The minimum atomic E-state index is 0.937. The predicted molar refractivity (Wildman–Crippen MR) is 80.9 cm³/mol. The van der Waals surface area contributed by atoms with Crippen molar-refractivity contribution >= 4 is 0 Å². The maximum Gasteiger partial charge on any atom is 0.0802 e. The van der Waals surface area contributed by atoms with Gasteiger partial charge in [-0.1, -0.05) is 51.9 Å². The van der Waals surface area contributed by atoms with Crippen LogP contribution in [0.5, 0.6) is 0 Å². The van der Waals surface area contributed by atoms with E-state index in [0.29, 0.717) is 0 Å². The minimum absolute atomic E-state index is 0.937. The molecule has 0 aliphatic carbocycles. The van der Waals surface area contributed by atoms with Crippen molar-refractivity contribution in [3.05, 3.63) is 0 Å². The molecule has 0 aliphatic heterocycles. The van der Waals surface area contributed by atoms with Crippen molar-refractivity contribution in [3.8, 4) is 0 Å². The van der Waals surface area contributed by atoms with Crippen LogP contribution in [0.4, 0.5) is 0 Å². The van der Waals surface area contributed by atoms with Crippen molar-refractivity contribution in [3.63, 3.8) is 0 Å². The van der Waals surface area contributed by atoms with Crippen LogP contribution in [0.25, 0.3) is 0 Å². The molecule has 0 radical (unpaired) electrons. The number of nitrogens with zero attached hydrogens (tertiary/aromatic N) is 1. The number of unbranched alkanes of at least 4 members (excludes halogenated alkanes) is 7. The smallest absolute Gasteiger partial charge is 0.0802 e. The first-order valence-electron chi connectivity index (χ1n) is 7.94. The molecule has 0 unspecified atom stereocenters. The molecule has 0 bridgehead atoms. The molecule has 0 fully saturated rings. The highest BCUT2D eigenvalue weighted by molar-refractivity contribution is 4.46. The molecule has 0 N–H and O–H groups in total. The third-order valence-electron chi connectivity index (χ3n) is 3.26. The molecule has 0 amide bonds. The summed E-state index contributed by atoms with van der Waals surface area (Å²) in [5.41, 5.74) is 0. The number of rotatable bonds is 13. The molecule has 110 valence electrons. The van der Waals surface area contributed by atoms with Gasteiger partial charge in [-0.3, -0.25) is 0 Å². The number of hydrogen-bond acceptors (Lipinski definition) is 1. The molecule has 0 aromatic rings. The van der Waals surface area contributed by atoms with E-state index in [9.17, 15) is 0 Å². The van der Waals surface area contributed by atoms with Gasteiger partial charge in [-0.25, -0.2) is 0 Å². The lowest BCUT2D eigenvalue weighted by atomic mass is 10.1. The highest BCUT2D eigenvalue weighted by Gasteiger charge is 2.05. The van der Waals surface area contributed by atoms with E-state index in [1.165, 1.54) is 64.3 Å². The van der Waals surface area contributed by atoms with Crippen molar-refractivity contribution < 1.29 is 9.22 Å². The van der Waals surface area contributed by atoms with Crippen molar-refractivity contribution in [1.82, 2.24) is 0 Å². The Morgan fingerprint density at radius 3 is 1.72 bits per heavy atom. The summed E-state index contributed by atoms with van der Waals surface area (Å²) in [5.74, 6) is 0. The summed E-state index contributed by atoms with van der Waals surface area (Å²) in [6.45, 7) is 5.38. The van der Waals surface area contributed by atoms with Gasteiger partial charge in [0, 0.05) is 13.0 Å². The van der Waals surface area contributed by atoms with Gasteiger partial charge in [-0.05, 0) is 6.42 Å². The summed E-state index contributed by atoms with van der Waals surface area (Å²) in [4.78, 5) is 0. The average molecular weight is 258 g/mol. The first kappa shape index (κ1) is 17.9. The number of ether oxygens (including phenoxy) is 1. The minimum Gasteiger partial charge on any atom is -0.381 e. The van der Waals surface area contributed by atoms with Crippen molar-refractivity contribution in [2.45, 2.75) is 64.7 Å². The van der Waals surface area contributed by atoms with E-state index in [1.807, 2.05) is 0 Å². The Labute approximate surface area is 115 Å². The van der Waals surface area contributed by atoms with Crippen LogP contribution in [-0.2, 0) is 4.74 Å². The molecule has 2 nitrogen and oxygen atoms in total. The van der Waals surface area contributed by atoms with Crippen LogP contribution in [0.15, 0.2) is 0 Å². The van der Waals surface area contributed by atoms with Gasteiger partial charge in [0.15, 0.2) is 0 Å². The van der Waals surface area contributed by atoms with Crippen LogP contribution < -0.4 is 0 Å². The van der Waals surface area contributed by atoms with E-state index in [-0.39, 0.29) is 0 Å². The summed E-state index contributed by atoms with van der Waals surface area (Å²) in [6.07, 6.45) is 12.2. The second-order valence-corrected chi connectivity index (χ2v) is 6.45. The van der Waals surface area contributed by atoms with Crippen LogP contribution in [0, 0.1) is 0 Å². The largest absolute Gasteiger partial charge is 0.381 e. The normalized spacial score (nSPS) is 12.0. The fraction of sp³-hybridized carbons (Fsp3) is 1.00. The number of hydrogen-bond donors (Lipinski definition) is 0. The Balaban J connectivity index is 2.99. The molecule has 0 saturated heterocycles. The average Bonchev–Trinajstić information content (AvgIpc) is 2.29. The highest BCUT2D eigenvalue weighted by Crippen LogP contribution is 2.08. The van der Waals surface area contributed by atoms with Crippen LogP contribution in [0.1, 0.15) is 64.7 Å². The van der Waals surface area contributed by atoms with Gasteiger partial charge < -0.3 is 9.22 Å². The van der Waals surface area contributed by atoms with Gasteiger partial charge in [0.2, 0.25) is 0 Å². The molecular formula is C16H36NO+. The Kier molecular flexibility index (Phi) is 11.9. The monoisotopic (exact) mass is 258 g/mol. The van der Waals surface area contributed by atoms with Gasteiger partial charge in [0.05, 0.1) is 34.3 Å². The van der Waals surface area contributed by atoms with E-state index in [1.54, 1.807) is 0 Å². The second-order valence-electron chi connectivity index (χ2n) is 6.45. The summed E-state index contributed by atoms with van der Waals surface area (Å²) in [7, 11) is 6.70. The van der Waals surface area contributed by atoms with Crippen molar-refractivity contribution in [1.29, 1.82) is 0 Å². The summed E-state index contributed by atoms with van der Waals surface area (Å²) >= 11 is 0.